The van der Waals surface area contributed by atoms with Crippen LogP contribution >= 0.6 is 11.6 Å². The predicted molar refractivity (Wildman–Crippen MR) is 72.7 cm³/mol. The van der Waals surface area contributed by atoms with Gasteiger partial charge < -0.3 is 11.5 Å². The van der Waals surface area contributed by atoms with Gasteiger partial charge in [0.15, 0.2) is 5.78 Å². The summed E-state index contributed by atoms with van der Waals surface area (Å²) in [7, 11) is 0. The van der Waals surface area contributed by atoms with E-state index in [1.165, 1.54) is 12.3 Å². The fourth-order valence-electron chi connectivity index (χ4n) is 1.57. The van der Waals surface area contributed by atoms with Crippen molar-refractivity contribution in [2.75, 3.05) is 11.5 Å². The molecule has 4 nitrogen and oxygen atoms in total. The van der Waals surface area contributed by atoms with E-state index in [1.807, 2.05) is 6.92 Å². The number of halogens is 1. The van der Waals surface area contributed by atoms with Crippen molar-refractivity contribution in [2.45, 2.75) is 6.92 Å². The number of nitrogens with zero attached hydrogens (tertiary/aromatic N) is 1. The third kappa shape index (κ3) is 2.28. The number of anilines is 2. The monoisotopic (exact) mass is 261 g/mol. The van der Waals surface area contributed by atoms with E-state index in [9.17, 15) is 4.79 Å². The number of rotatable bonds is 2. The van der Waals surface area contributed by atoms with Crippen LogP contribution in [-0.4, -0.2) is 10.8 Å². The van der Waals surface area contributed by atoms with Crippen LogP contribution in [0.3, 0.4) is 0 Å². The van der Waals surface area contributed by atoms with E-state index in [0.29, 0.717) is 16.3 Å². The average molecular weight is 262 g/mol. The molecule has 0 saturated carbocycles. The second-order valence-electron chi connectivity index (χ2n) is 3.99. The van der Waals surface area contributed by atoms with E-state index in [0.717, 1.165) is 5.56 Å². The highest BCUT2D eigenvalue weighted by molar-refractivity contribution is 6.31. The maximum absolute atomic E-state index is 12.2. The molecule has 0 spiro atoms. The third-order valence-corrected chi connectivity index (χ3v) is 2.88. The van der Waals surface area contributed by atoms with Gasteiger partial charge in [-0.25, -0.2) is 4.98 Å². The number of hydrogen-bond acceptors (Lipinski definition) is 4. The molecule has 1 aromatic carbocycles. The molecular formula is C13H12ClN3O. The number of carbonyl (C=O) groups is 1. The van der Waals surface area contributed by atoms with Crippen molar-refractivity contribution in [3.63, 3.8) is 0 Å². The lowest BCUT2D eigenvalue weighted by Gasteiger charge is -2.06. The molecule has 0 amide bonds. The summed E-state index contributed by atoms with van der Waals surface area (Å²) in [6.07, 6.45) is 1.40. The largest absolute Gasteiger partial charge is 0.398 e. The third-order valence-electron chi connectivity index (χ3n) is 2.67. The Morgan fingerprint density at radius 1 is 1.28 bits per heavy atom. The van der Waals surface area contributed by atoms with Crippen molar-refractivity contribution >= 4 is 28.9 Å². The summed E-state index contributed by atoms with van der Waals surface area (Å²) in [5.41, 5.74) is 13.7. The van der Waals surface area contributed by atoms with Crippen molar-refractivity contribution in [3.05, 3.63) is 52.2 Å². The van der Waals surface area contributed by atoms with Gasteiger partial charge in [0.25, 0.3) is 0 Å². The first kappa shape index (κ1) is 12.4. The van der Waals surface area contributed by atoms with Crippen LogP contribution in [-0.2, 0) is 0 Å². The molecule has 1 heterocycles. The molecule has 0 unspecified atom stereocenters. The van der Waals surface area contributed by atoms with Crippen LogP contribution in [0.25, 0.3) is 0 Å². The van der Waals surface area contributed by atoms with Crippen molar-refractivity contribution in [3.8, 4) is 0 Å². The van der Waals surface area contributed by atoms with Gasteiger partial charge in [-0.1, -0.05) is 23.7 Å². The molecule has 1 aromatic heterocycles. The van der Waals surface area contributed by atoms with E-state index < -0.39 is 0 Å². The molecule has 2 aromatic rings. The Morgan fingerprint density at radius 3 is 2.67 bits per heavy atom. The molecule has 0 bridgehead atoms. The lowest BCUT2D eigenvalue weighted by molar-refractivity contribution is 0.103. The molecular weight excluding hydrogens is 250 g/mol. The standard InChI is InChI=1S/C13H12ClN3O/c1-7-2-3-8(4-11(7)15)12(18)10-5-9(14)6-17-13(10)16/h2-6H,15H2,1H3,(H2,16,17). The van der Waals surface area contributed by atoms with Crippen LogP contribution in [0.1, 0.15) is 21.5 Å². The van der Waals surface area contributed by atoms with Crippen LogP contribution < -0.4 is 11.5 Å². The van der Waals surface area contributed by atoms with Crippen LogP contribution in [0.2, 0.25) is 5.02 Å². The fourth-order valence-corrected chi connectivity index (χ4v) is 1.73. The first-order valence-electron chi connectivity index (χ1n) is 5.31. The molecule has 0 radical (unpaired) electrons. The van der Waals surface area contributed by atoms with Gasteiger partial charge in [-0.05, 0) is 24.6 Å². The van der Waals surface area contributed by atoms with Crippen molar-refractivity contribution in [1.29, 1.82) is 0 Å². The molecule has 0 aliphatic rings. The van der Waals surface area contributed by atoms with Gasteiger partial charge in [0.1, 0.15) is 5.82 Å². The zero-order valence-corrected chi connectivity index (χ0v) is 10.5. The zero-order chi connectivity index (χ0) is 13.3. The minimum atomic E-state index is -0.241. The molecule has 2 rings (SSSR count). The maximum Gasteiger partial charge on any atom is 0.196 e. The van der Waals surface area contributed by atoms with E-state index in [2.05, 4.69) is 4.98 Å². The Morgan fingerprint density at radius 2 is 2.00 bits per heavy atom. The van der Waals surface area contributed by atoms with Crippen LogP contribution in [0.4, 0.5) is 11.5 Å². The molecule has 0 atom stereocenters. The Bertz CT molecular complexity index is 626. The first-order valence-corrected chi connectivity index (χ1v) is 5.68. The molecule has 92 valence electrons. The average Bonchev–Trinajstić information content (AvgIpc) is 2.35. The number of aryl methyl sites for hydroxylation is 1. The zero-order valence-electron chi connectivity index (χ0n) is 9.77. The van der Waals surface area contributed by atoms with E-state index >= 15 is 0 Å². The van der Waals surface area contributed by atoms with Gasteiger partial charge in [-0.2, -0.15) is 0 Å². The highest BCUT2D eigenvalue weighted by Gasteiger charge is 2.14. The Hall–Kier alpha value is -2.07. The number of aromatic nitrogens is 1. The summed E-state index contributed by atoms with van der Waals surface area (Å²) >= 11 is 5.81. The number of ketones is 1. The highest BCUT2D eigenvalue weighted by atomic mass is 35.5. The van der Waals surface area contributed by atoms with Gasteiger partial charge in [0.05, 0.1) is 10.6 Å². The molecule has 0 saturated heterocycles. The minimum Gasteiger partial charge on any atom is -0.398 e. The Labute approximate surface area is 110 Å². The smallest absolute Gasteiger partial charge is 0.196 e. The molecule has 0 aliphatic heterocycles. The maximum atomic E-state index is 12.2. The second-order valence-corrected chi connectivity index (χ2v) is 4.42. The summed E-state index contributed by atoms with van der Waals surface area (Å²) in [6, 6.07) is 6.62. The number of benzene rings is 1. The highest BCUT2D eigenvalue weighted by Crippen LogP contribution is 2.21. The lowest BCUT2D eigenvalue weighted by atomic mass is 10.0. The summed E-state index contributed by atoms with van der Waals surface area (Å²) in [4.78, 5) is 16.1. The van der Waals surface area contributed by atoms with E-state index in [1.54, 1.807) is 18.2 Å². The van der Waals surface area contributed by atoms with Crippen molar-refractivity contribution < 1.29 is 4.79 Å². The summed E-state index contributed by atoms with van der Waals surface area (Å²) in [5, 5.41) is 0.368. The summed E-state index contributed by atoms with van der Waals surface area (Å²) < 4.78 is 0. The molecule has 0 aliphatic carbocycles. The molecule has 5 heteroatoms. The predicted octanol–water partition coefficient (Wildman–Crippen LogP) is 2.44. The second kappa shape index (κ2) is 4.66. The number of carbonyl (C=O) groups excluding carboxylic acids is 1. The van der Waals surface area contributed by atoms with Crippen LogP contribution in [0.5, 0.6) is 0 Å². The van der Waals surface area contributed by atoms with Crippen LogP contribution in [0, 0.1) is 6.92 Å². The number of pyridine rings is 1. The normalized spacial score (nSPS) is 10.3. The molecule has 4 N–H and O–H groups in total. The number of hydrogen-bond donors (Lipinski definition) is 2. The Balaban J connectivity index is 2.47. The molecule has 0 fully saturated rings. The minimum absolute atomic E-state index is 0.156. The molecule has 18 heavy (non-hydrogen) atoms. The Kier molecular flexibility index (Phi) is 3.21. The van der Waals surface area contributed by atoms with E-state index in [-0.39, 0.29) is 17.2 Å². The summed E-state index contributed by atoms with van der Waals surface area (Å²) in [5.74, 6) is -0.0854. The number of nitrogen functional groups attached to an aromatic ring is 2. The lowest BCUT2D eigenvalue weighted by Crippen LogP contribution is -2.07. The first-order chi connectivity index (χ1) is 8.49. The topological polar surface area (TPSA) is 82.0 Å². The quantitative estimate of drug-likeness (QED) is 0.643. The van der Waals surface area contributed by atoms with Gasteiger partial charge in [-0.15, -0.1) is 0 Å². The van der Waals surface area contributed by atoms with Crippen LogP contribution in [0.15, 0.2) is 30.5 Å². The SMILES string of the molecule is Cc1ccc(C(=O)c2cc(Cl)cnc2N)cc1N. The fraction of sp³-hybridized carbons (Fsp3) is 0.0769. The summed E-state index contributed by atoms with van der Waals surface area (Å²) in [6.45, 7) is 1.87. The van der Waals surface area contributed by atoms with Crippen molar-refractivity contribution in [1.82, 2.24) is 4.98 Å². The van der Waals surface area contributed by atoms with Gasteiger partial charge in [0.2, 0.25) is 0 Å². The van der Waals surface area contributed by atoms with Gasteiger partial charge >= 0.3 is 0 Å². The number of nitrogens with two attached hydrogens (primary N) is 2. The van der Waals surface area contributed by atoms with Gasteiger partial charge in [0, 0.05) is 17.4 Å². The van der Waals surface area contributed by atoms with E-state index in [4.69, 9.17) is 23.1 Å². The van der Waals surface area contributed by atoms with Gasteiger partial charge in [-0.3, -0.25) is 4.79 Å². The van der Waals surface area contributed by atoms with Crippen molar-refractivity contribution in [2.24, 2.45) is 0 Å².